The highest BCUT2D eigenvalue weighted by Gasteiger charge is 2.28. The second-order valence-electron chi connectivity index (χ2n) is 8.03. The minimum absolute atomic E-state index is 0.0412. The van der Waals surface area contributed by atoms with Gasteiger partial charge in [0, 0.05) is 18.7 Å². The molecule has 180 valence electrons. The lowest BCUT2D eigenvalue weighted by Gasteiger charge is -2.28. The standard InChI is InChI=1S/C23H20N4O5S3/c24-34(29,30)19-9-10-20-21(13-19)33-23(25-20)26-22(28)16-5-7-18(8-6-16)35(31,32)27-12-11-15-3-1-2-4-17(15)14-27/h1-10,13H,11-12,14H2,(H2,24,29,30)(H,25,26,28). The molecule has 3 N–H and O–H groups in total. The minimum atomic E-state index is -3.85. The molecule has 12 heteroatoms. The smallest absolute Gasteiger partial charge is 0.257 e. The Kier molecular flexibility index (Phi) is 5.93. The van der Waals surface area contributed by atoms with E-state index in [4.69, 9.17) is 5.14 Å². The highest BCUT2D eigenvalue weighted by Crippen LogP contribution is 2.29. The van der Waals surface area contributed by atoms with Gasteiger partial charge in [0.05, 0.1) is 20.0 Å². The number of nitrogens with two attached hydrogens (primary N) is 1. The predicted molar refractivity (Wildman–Crippen MR) is 133 cm³/mol. The maximum atomic E-state index is 13.1. The van der Waals surface area contributed by atoms with E-state index >= 15 is 0 Å². The maximum Gasteiger partial charge on any atom is 0.257 e. The molecule has 0 unspecified atom stereocenters. The van der Waals surface area contributed by atoms with Gasteiger partial charge < -0.3 is 0 Å². The van der Waals surface area contributed by atoms with Crippen LogP contribution in [0.1, 0.15) is 21.5 Å². The van der Waals surface area contributed by atoms with Crippen molar-refractivity contribution < 1.29 is 21.6 Å². The molecular weight excluding hydrogens is 508 g/mol. The number of fused-ring (bicyclic) bond motifs is 2. The van der Waals surface area contributed by atoms with Crippen LogP contribution in [0.15, 0.2) is 76.5 Å². The third kappa shape index (κ3) is 4.70. The maximum absolute atomic E-state index is 13.1. The summed E-state index contributed by atoms with van der Waals surface area (Å²) < 4.78 is 51.4. The van der Waals surface area contributed by atoms with E-state index in [9.17, 15) is 21.6 Å². The molecule has 1 aliphatic rings. The number of amides is 1. The fourth-order valence-corrected chi connectivity index (χ4v) is 6.84. The van der Waals surface area contributed by atoms with E-state index in [-0.39, 0.29) is 20.5 Å². The molecule has 35 heavy (non-hydrogen) atoms. The Morgan fingerprint density at radius 3 is 2.34 bits per heavy atom. The van der Waals surface area contributed by atoms with Crippen molar-refractivity contribution in [1.29, 1.82) is 0 Å². The zero-order valence-electron chi connectivity index (χ0n) is 18.2. The van der Waals surface area contributed by atoms with Gasteiger partial charge in [0.2, 0.25) is 20.0 Å². The normalized spacial score (nSPS) is 14.5. The molecule has 1 aromatic heterocycles. The van der Waals surface area contributed by atoms with Gasteiger partial charge in [-0.1, -0.05) is 35.6 Å². The number of carbonyl (C=O) groups is 1. The molecule has 0 atom stereocenters. The number of benzene rings is 3. The minimum Gasteiger partial charge on any atom is -0.298 e. The molecule has 5 rings (SSSR count). The van der Waals surface area contributed by atoms with Gasteiger partial charge in [0.25, 0.3) is 5.91 Å². The number of sulfonamides is 2. The Morgan fingerprint density at radius 2 is 1.63 bits per heavy atom. The van der Waals surface area contributed by atoms with Crippen LogP contribution >= 0.6 is 11.3 Å². The molecule has 1 amide bonds. The Bertz CT molecular complexity index is 1660. The average molecular weight is 529 g/mol. The van der Waals surface area contributed by atoms with Gasteiger partial charge in [0.15, 0.2) is 5.13 Å². The molecule has 0 saturated heterocycles. The average Bonchev–Trinajstić information content (AvgIpc) is 3.24. The Balaban J connectivity index is 1.32. The van der Waals surface area contributed by atoms with Gasteiger partial charge in [-0.15, -0.1) is 0 Å². The van der Waals surface area contributed by atoms with E-state index in [1.165, 1.54) is 46.8 Å². The van der Waals surface area contributed by atoms with Crippen molar-refractivity contribution in [2.45, 2.75) is 22.8 Å². The van der Waals surface area contributed by atoms with Crippen LogP contribution in [0.4, 0.5) is 5.13 Å². The zero-order chi connectivity index (χ0) is 24.8. The summed E-state index contributed by atoms with van der Waals surface area (Å²) >= 11 is 1.11. The Morgan fingerprint density at radius 1 is 0.943 bits per heavy atom. The van der Waals surface area contributed by atoms with E-state index in [1.807, 2.05) is 24.3 Å². The third-order valence-corrected chi connectivity index (χ3v) is 9.46. The van der Waals surface area contributed by atoms with E-state index in [2.05, 4.69) is 10.3 Å². The van der Waals surface area contributed by atoms with Crippen LogP contribution in [-0.4, -0.2) is 38.6 Å². The highest BCUT2D eigenvalue weighted by atomic mass is 32.2. The molecule has 0 fully saturated rings. The summed E-state index contributed by atoms with van der Waals surface area (Å²) in [6.45, 7) is 0.706. The molecule has 4 aromatic rings. The largest absolute Gasteiger partial charge is 0.298 e. The van der Waals surface area contributed by atoms with E-state index in [0.717, 1.165) is 22.5 Å². The van der Waals surface area contributed by atoms with Crippen LogP contribution in [0.5, 0.6) is 0 Å². The van der Waals surface area contributed by atoms with Crippen LogP contribution in [0.3, 0.4) is 0 Å². The van der Waals surface area contributed by atoms with Crippen molar-refractivity contribution in [3.8, 4) is 0 Å². The van der Waals surface area contributed by atoms with Crippen molar-refractivity contribution in [2.24, 2.45) is 5.14 Å². The van der Waals surface area contributed by atoms with Gasteiger partial charge in [-0.05, 0) is 60.0 Å². The summed E-state index contributed by atoms with van der Waals surface area (Å²) in [5.74, 6) is -0.466. The molecule has 0 bridgehead atoms. The number of thiazole rings is 1. The van der Waals surface area contributed by atoms with Crippen LogP contribution in [0, 0.1) is 0 Å². The second kappa shape index (κ2) is 8.81. The lowest BCUT2D eigenvalue weighted by atomic mass is 10.0. The van der Waals surface area contributed by atoms with Crippen LogP contribution < -0.4 is 10.5 Å². The zero-order valence-corrected chi connectivity index (χ0v) is 20.7. The van der Waals surface area contributed by atoms with Crippen LogP contribution in [0.25, 0.3) is 10.2 Å². The lowest BCUT2D eigenvalue weighted by Crippen LogP contribution is -2.35. The summed E-state index contributed by atoms with van der Waals surface area (Å²) in [6.07, 6.45) is 0.650. The lowest BCUT2D eigenvalue weighted by molar-refractivity contribution is 0.102. The number of rotatable bonds is 5. The third-order valence-electron chi connectivity index (χ3n) is 5.76. The quantitative estimate of drug-likeness (QED) is 0.408. The Hall–Kier alpha value is -3.16. The van der Waals surface area contributed by atoms with Crippen LogP contribution in [0.2, 0.25) is 0 Å². The molecule has 9 nitrogen and oxygen atoms in total. The van der Waals surface area contributed by atoms with Gasteiger partial charge in [-0.2, -0.15) is 4.31 Å². The number of aromatic nitrogens is 1. The highest BCUT2D eigenvalue weighted by molar-refractivity contribution is 7.89. The van der Waals surface area contributed by atoms with Gasteiger partial charge in [0.1, 0.15) is 0 Å². The topological polar surface area (TPSA) is 140 Å². The second-order valence-corrected chi connectivity index (χ2v) is 12.6. The van der Waals surface area contributed by atoms with Crippen molar-refractivity contribution in [3.05, 3.63) is 83.4 Å². The number of hydrogen-bond donors (Lipinski definition) is 2. The number of carbonyl (C=O) groups excluding carboxylic acids is 1. The molecule has 2 heterocycles. The summed E-state index contributed by atoms with van der Waals surface area (Å²) in [6, 6.07) is 17.8. The SMILES string of the molecule is NS(=O)(=O)c1ccc2nc(NC(=O)c3ccc(S(=O)(=O)N4CCc5ccccc5C4)cc3)sc2c1. The molecule has 1 aliphatic heterocycles. The monoisotopic (exact) mass is 528 g/mol. The first-order valence-corrected chi connectivity index (χ1v) is 14.3. The molecular formula is C23H20N4O5S3. The number of nitrogens with zero attached hydrogens (tertiary/aromatic N) is 2. The summed E-state index contributed by atoms with van der Waals surface area (Å²) in [5, 5.41) is 8.11. The van der Waals surface area contributed by atoms with E-state index < -0.39 is 26.0 Å². The molecule has 0 aliphatic carbocycles. The van der Waals surface area contributed by atoms with Crippen molar-refractivity contribution in [1.82, 2.24) is 9.29 Å². The van der Waals surface area contributed by atoms with Gasteiger partial charge in [-0.3, -0.25) is 10.1 Å². The van der Waals surface area contributed by atoms with Crippen molar-refractivity contribution in [2.75, 3.05) is 11.9 Å². The van der Waals surface area contributed by atoms with Crippen LogP contribution in [-0.2, 0) is 33.0 Å². The first kappa shape index (κ1) is 23.6. The molecule has 0 spiro atoms. The number of primary sulfonamides is 1. The number of nitrogens with one attached hydrogen (secondary N) is 1. The predicted octanol–water partition coefficient (Wildman–Crippen LogP) is 2.94. The van der Waals surface area contributed by atoms with Crippen molar-refractivity contribution >= 4 is 52.6 Å². The molecule has 0 saturated carbocycles. The fourth-order valence-electron chi connectivity index (χ4n) is 3.91. The van der Waals surface area contributed by atoms with E-state index in [1.54, 1.807) is 0 Å². The molecule has 3 aromatic carbocycles. The first-order chi connectivity index (χ1) is 16.6. The van der Waals surface area contributed by atoms with Gasteiger partial charge in [-0.25, -0.2) is 27.0 Å². The number of hydrogen-bond acceptors (Lipinski definition) is 7. The fraction of sp³-hybridized carbons (Fsp3) is 0.130. The van der Waals surface area contributed by atoms with Crippen molar-refractivity contribution in [3.63, 3.8) is 0 Å². The Labute approximate surface area is 206 Å². The van der Waals surface area contributed by atoms with Gasteiger partial charge >= 0.3 is 0 Å². The summed E-state index contributed by atoms with van der Waals surface area (Å²) in [7, 11) is -7.56. The molecule has 0 radical (unpaired) electrons. The number of anilines is 1. The van der Waals surface area contributed by atoms with E-state index in [0.29, 0.717) is 29.7 Å². The summed E-state index contributed by atoms with van der Waals surface area (Å²) in [4.78, 5) is 17.1. The first-order valence-electron chi connectivity index (χ1n) is 10.5. The summed E-state index contributed by atoms with van der Waals surface area (Å²) in [5.41, 5.74) is 2.92.